The Hall–Kier alpha value is -1.59. The monoisotopic (exact) mass is 298 g/mol. The van der Waals surface area contributed by atoms with Crippen molar-refractivity contribution in [3.63, 3.8) is 0 Å². The Morgan fingerprint density at radius 2 is 2.05 bits per heavy atom. The molecule has 100 valence electrons. The fraction of sp³-hybridized carbons (Fsp3) is 0.250. The number of hydrogen-bond acceptors (Lipinski definition) is 3. The third-order valence-electron chi connectivity index (χ3n) is 2.55. The molecule has 0 bridgehead atoms. The Labute approximate surface area is 120 Å². The fourth-order valence-electron chi connectivity index (χ4n) is 1.60. The van der Waals surface area contributed by atoms with E-state index in [1.54, 1.807) is 18.2 Å². The largest absolute Gasteiger partial charge is 0.355 e. The van der Waals surface area contributed by atoms with Gasteiger partial charge >= 0.3 is 0 Å². The van der Waals surface area contributed by atoms with Crippen LogP contribution in [0.15, 0.2) is 24.5 Å². The number of benzene rings is 1. The minimum atomic E-state index is -0.130. The smallest absolute Gasteiger partial charge is 0.224 e. The van der Waals surface area contributed by atoms with Gasteiger partial charge in [0.2, 0.25) is 5.91 Å². The average molecular weight is 299 g/mol. The number of carbonyl (C=O) groups excluding carboxylic acids is 1. The highest BCUT2D eigenvalue weighted by Crippen LogP contribution is 2.24. The van der Waals surface area contributed by atoms with Crippen LogP contribution in [0.3, 0.4) is 0 Å². The van der Waals surface area contributed by atoms with Gasteiger partial charge in [0.05, 0.1) is 6.42 Å². The number of hydrogen-bond donors (Lipinski definition) is 2. The van der Waals surface area contributed by atoms with Crippen molar-refractivity contribution in [3.8, 4) is 0 Å². The molecule has 5 nitrogen and oxygen atoms in total. The van der Waals surface area contributed by atoms with Crippen LogP contribution in [0.1, 0.15) is 11.4 Å². The van der Waals surface area contributed by atoms with Crippen LogP contribution in [-0.4, -0.2) is 27.6 Å². The summed E-state index contributed by atoms with van der Waals surface area (Å²) in [5.74, 6) is 0.602. The van der Waals surface area contributed by atoms with E-state index in [2.05, 4.69) is 20.5 Å². The summed E-state index contributed by atoms with van der Waals surface area (Å²) in [6.45, 7) is 0.482. The second-order valence-electron chi connectivity index (χ2n) is 3.91. The molecule has 0 aliphatic carbocycles. The van der Waals surface area contributed by atoms with Crippen LogP contribution in [0.5, 0.6) is 0 Å². The molecule has 0 saturated heterocycles. The number of halogens is 2. The summed E-state index contributed by atoms with van der Waals surface area (Å²) in [5, 5.41) is 10.2. The molecular weight excluding hydrogens is 287 g/mol. The van der Waals surface area contributed by atoms with E-state index >= 15 is 0 Å². The van der Waals surface area contributed by atoms with Gasteiger partial charge in [-0.05, 0) is 17.7 Å². The number of aromatic nitrogens is 3. The lowest BCUT2D eigenvalue weighted by Gasteiger charge is -2.07. The third kappa shape index (κ3) is 3.94. The van der Waals surface area contributed by atoms with E-state index in [1.165, 1.54) is 6.33 Å². The number of rotatable bonds is 5. The standard InChI is InChI=1S/C12H12Cl2N4O/c13-9-2-1-3-10(14)8(9)6-12(19)15-5-4-11-16-7-17-18-11/h1-3,7H,4-6H2,(H,15,19)(H,16,17,18). The molecule has 2 rings (SSSR count). The minimum absolute atomic E-state index is 0.130. The van der Waals surface area contributed by atoms with E-state index in [1.807, 2.05) is 0 Å². The van der Waals surface area contributed by atoms with Gasteiger partial charge in [0.1, 0.15) is 12.2 Å². The van der Waals surface area contributed by atoms with Crippen LogP contribution in [0.4, 0.5) is 0 Å². The molecule has 2 N–H and O–H groups in total. The summed E-state index contributed by atoms with van der Waals surface area (Å²) < 4.78 is 0. The quantitative estimate of drug-likeness (QED) is 0.887. The molecule has 0 radical (unpaired) electrons. The molecule has 19 heavy (non-hydrogen) atoms. The topological polar surface area (TPSA) is 70.7 Å². The summed E-state index contributed by atoms with van der Waals surface area (Å²) in [7, 11) is 0. The highest BCUT2D eigenvalue weighted by atomic mass is 35.5. The van der Waals surface area contributed by atoms with Gasteiger partial charge in [-0.25, -0.2) is 4.98 Å². The zero-order valence-corrected chi connectivity index (χ0v) is 11.5. The maximum absolute atomic E-state index is 11.8. The van der Waals surface area contributed by atoms with Gasteiger partial charge in [0, 0.05) is 23.0 Å². The molecule has 0 saturated carbocycles. The first-order valence-corrected chi connectivity index (χ1v) is 6.46. The number of H-pyrrole nitrogens is 1. The first-order valence-electron chi connectivity index (χ1n) is 5.70. The number of aromatic amines is 1. The molecule has 0 unspecified atom stereocenters. The molecule has 1 aromatic carbocycles. The number of amides is 1. The molecular formula is C12H12Cl2N4O. The van der Waals surface area contributed by atoms with Crippen molar-refractivity contribution in [3.05, 3.63) is 46.0 Å². The molecule has 1 amide bonds. The maximum atomic E-state index is 11.8. The van der Waals surface area contributed by atoms with Crippen LogP contribution in [0.2, 0.25) is 10.0 Å². The lowest BCUT2D eigenvalue weighted by Crippen LogP contribution is -2.27. The second kappa shape index (κ2) is 6.54. The zero-order valence-electron chi connectivity index (χ0n) is 9.99. The van der Waals surface area contributed by atoms with E-state index in [9.17, 15) is 4.79 Å². The van der Waals surface area contributed by atoms with Gasteiger partial charge in [-0.1, -0.05) is 29.3 Å². The Kier molecular flexibility index (Phi) is 4.76. The first-order chi connectivity index (χ1) is 9.16. The van der Waals surface area contributed by atoms with Gasteiger partial charge in [-0.3, -0.25) is 9.89 Å². The third-order valence-corrected chi connectivity index (χ3v) is 3.26. The molecule has 0 fully saturated rings. The van der Waals surface area contributed by atoms with Crippen molar-refractivity contribution < 1.29 is 4.79 Å². The Bertz CT molecular complexity index is 537. The van der Waals surface area contributed by atoms with Gasteiger partial charge in [-0.15, -0.1) is 0 Å². The van der Waals surface area contributed by atoms with E-state index < -0.39 is 0 Å². The molecule has 7 heteroatoms. The van der Waals surface area contributed by atoms with Crippen LogP contribution >= 0.6 is 23.2 Å². The highest BCUT2D eigenvalue weighted by Gasteiger charge is 2.10. The van der Waals surface area contributed by atoms with Crippen LogP contribution in [0.25, 0.3) is 0 Å². The average Bonchev–Trinajstić information content (AvgIpc) is 2.87. The molecule has 2 aromatic rings. The summed E-state index contributed by atoms with van der Waals surface area (Å²) in [6.07, 6.45) is 2.19. The van der Waals surface area contributed by atoms with Crippen LogP contribution in [-0.2, 0) is 17.6 Å². The van der Waals surface area contributed by atoms with E-state index in [0.717, 1.165) is 5.82 Å². The van der Waals surface area contributed by atoms with Crippen molar-refractivity contribution in [2.24, 2.45) is 0 Å². The van der Waals surface area contributed by atoms with E-state index in [0.29, 0.717) is 28.6 Å². The zero-order chi connectivity index (χ0) is 13.7. The van der Waals surface area contributed by atoms with Crippen molar-refractivity contribution >= 4 is 29.1 Å². The molecule has 0 aliphatic rings. The summed E-state index contributed by atoms with van der Waals surface area (Å²) in [4.78, 5) is 15.7. The Morgan fingerprint density at radius 1 is 1.32 bits per heavy atom. The van der Waals surface area contributed by atoms with Gasteiger partial charge in [0.25, 0.3) is 0 Å². The van der Waals surface area contributed by atoms with Gasteiger partial charge in [0.15, 0.2) is 0 Å². The van der Waals surface area contributed by atoms with Gasteiger partial charge in [-0.2, -0.15) is 5.10 Å². The number of nitrogens with zero attached hydrogens (tertiary/aromatic N) is 2. The maximum Gasteiger partial charge on any atom is 0.224 e. The molecule has 0 spiro atoms. The van der Waals surface area contributed by atoms with Crippen molar-refractivity contribution in [1.29, 1.82) is 0 Å². The predicted octanol–water partition coefficient (Wildman–Crippen LogP) is 2.01. The Morgan fingerprint density at radius 3 is 2.68 bits per heavy atom. The first kappa shape index (κ1) is 13.8. The number of carbonyl (C=O) groups is 1. The summed E-state index contributed by atoms with van der Waals surface area (Å²) in [5.41, 5.74) is 0.642. The van der Waals surface area contributed by atoms with E-state index in [-0.39, 0.29) is 12.3 Å². The minimum Gasteiger partial charge on any atom is -0.355 e. The summed E-state index contributed by atoms with van der Waals surface area (Å²) >= 11 is 12.0. The molecule has 0 atom stereocenters. The lowest BCUT2D eigenvalue weighted by molar-refractivity contribution is -0.120. The van der Waals surface area contributed by atoms with Crippen molar-refractivity contribution in [1.82, 2.24) is 20.5 Å². The van der Waals surface area contributed by atoms with E-state index in [4.69, 9.17) is 23.2 Å². The number of nitrogens with one attached hydrogen (secondary N) is 2. The van der Waals surface area contributed by atoms with Crippen molar-refractivity contribution in [2.45, 2.75) is 12.8 Å². The van der Waals surface area contributed by atoms with Crippen LogP contribution in [0, 0.1) is 0 Å². The Balaban J connectivity index is 1.84. The normalized spacial score (nSPS) is 10.4. The SMILES string of the molecule is O=C(Cc1c(Cl)cccc1Cl)NCCc1ncn[nH]1. The lowest BCUT2D eigenvalue weighted by atomic mass is 10.1. The molecule has 1 aromatic heterocycles. The second-order valence-corrected chi connectivity index (χ2v) is 4.72. The van der Waals surface area contributed by atoms with Crippen LogP contribution < -0.4 is 5.32 Å². The molecule has 0 aliphatic heterocycles. The van der Waals surface area contributed by atoms with Gasteiger partial charge < -0.3 is 5.32 Å². The highest BCUT2D eigenvalue weighted by molar-refractivity contribution is 6.36. The van der Waals surface area contributed by atoms with Crippen molar-refractivity contribution in [2.75, 3.05) is 6.54 Å². The molecule has 1 heterocycles. The fourth-order valence-corrected chi connectivity index (χ4v) is 2.13. The predicted molar refractivity (Wildman–Crippen MR) is 73.3 cm³/mol. The summed E-state index contributed by atoms with van der Waals surface area (Å²) in [6, 6.07) is 5.17.